The van der Waals surface area contributed by atoms with Gasteiger partial charge in [0, 0.05) is 26.0 Å². The number of fused-ring (bicyclic) bond motifs is 1. The highest BCUT2D eigenvalue weighted by molar-refractivity contribution is 7.89. The molecule has 2 heterocycles. The van der Waals surface area contributed by atoms with Crippen molar-refractivity contribution in [2.75, 3.05) is 18.6 Å². The molecule has 1 aromatic heterocycles. The van der Waals surface area contributed by atoms with E-state index in [1.807, 2.05) is 0 Å². The summed E-state index contributed by atoms with van der Waals surface area (Å²) in [7, 11) is -2.11. The second-order valence-electron chi connectivity index (χ2n) is 5.37. The molecule has 0 fully saturated rings. The van der Waals surface area contributed by atoms with Gasteiger partial charge in [-0.05, 0) is 29.8 Å². The van der Waals surface area contributed by atoms with Crippen LogP contribution in [0.1, 0.15) is 12.0 Å². The summed E-state index contributed by atoms with van der Waals surface area (Å²) in [6.45, 7) is 0.417. The fourth-order valence-electron chi connectivity index (χ4n) is 2.36. The minimum absolute atomic E-state index is 0.0790. The van der Waals surface area contributed by atoms with Gasteiger partial charge in [0.05, 0.1) is 23.6 Å². The monoisotopic (exact) mass is 347 g/mol. The number of amides is 1. The summed E-state index contributed by atoms with van der Waals surface area (Å²) < 4.78 is 33.0. The maximum atomic E-state index is 12.5. The van der Waals surface area contributed by atoms with E-state index in [1.165, 1.54) is 17.0 Å². The zero-order chi connectivity index (χ0) is 17.2. The average molecular weight is 347 g/mol. The number of hydrogen-bond acceptors (Lipinski definition) is 5. The van der Waals surface area contributed by atoms with E-state index in [2.05, 4.69) is 9.71 Å². The van der Waals surface area contributed by atoms with Crippen molar-refractivity contribution in [3.8, 4) is 5.75 Å². The molecule has 0 aliphatic carbocycles. The molecule has 1 aliphatic heterocycles. The highest BCUT2D eigenvalue weighted by atomic mass is 32.2. The highest BCUT2D eigenvalue weighted by Gasteiger charge is 2.23. The zero-order valence-corrected chi connectivity index (χ0v) is 13.9. The molecule has 1 N–H and O–H groups in total. The first-order chi connectivity index (χ1) is 11.5. The Balaban J connectivity index is 1.86. The molecule has 0 atom stereocenters. The number of nitrogens with zero attached hydrogens (tertiary/aromatic N) is 2. The van der Waals surface area contributed by atoms with Gasteiger partial charge >= 0.3 is 0 Å². The fourth-order valence-corrected chi connectivity index (χ4v) is 3.40. The fraction of sp³-hybridized carbons (Fsp3) is 0.250. The Hall–Kier alpha value is -2.45. The third kappa shape index (κ3) is 3.39. The van der Waals surface area contributed by atoms with Crippen LogP contribution >= 0.6 is 0 Å². The van der Waals surface area contributed by atoms with Crippen LogP contribution in [0.5, 0.6) is 5.75 Å². The summed E-state index contributed by atoms with van der Waals surface area (Å²) >= 11 is 0. The standard InChI is InChI=1S/C16H17N3O4S/c1-19-14-9-13(4-5-15(14)23-8-6-16(19)20)24(21,22)18-11-12-3-2-7-17-10-12/h2-5,7,9-10,18H,6,8,11H2,1H3. The topological polar surface area (TPSA) is 88.6 Å². The first-order valence-electron chi connectivity index (χ1n) is 7.39. The van der Waals surface area contributed by atoms with Gasteiger partial charge in [-0.2, -0.15) is 0 Å². The first kappa shape index (κ1) is 16.4. The van der Waals surface area contributed by atoms with Gasteiger partial charge in [-0.25, -0.2) is 13.1 Å². The summed E-state index contributed by atoms with van der Waals surface area (Å²) in [6, 6.07) is 8.01. The quantitative estimate of drug-likeness (QED) is 0.901. The molecule has 0 radical (unpaired) electrons. The minimum Gasteiger partial charge on any atom is -0.491 e. The van der Waals surface area contributed by atoms with E-state index < -0.39 is 10.0 Å². The molecule has 1 aliphatic rings. The number of hydrogen-bond donors (Lipinski definition) is 1. The van der Waals surface area contributed by atoms with Gasteiger partial charge in [-0.1, -0.05) is 6.07 Å². The molecular formula is C16H17N3O4S. The molecule has 0 unspecified atom stereocenters. The van der Waals surface area contributed by atoms with Gasteiger partial charge in [0.1, 0.15) is 5.75 Å². The maximum absolute atomic E-state index is 12.5. The number of nitrogens with one attached hydrogen (secondary N) is 1. The average Bonchev–Trinajstić information content (AvgIpc) is 2.73. The molecule has 8 heteroatoms. The molecule has 0 saturated heterocycles. The van der Waals surface area contributed by atoms with E-state index in [1.54, 1.807) is 37.6 Å². The molecule has 24 heavy (non-hydrogen) atoms. The third-order valence-corrected chi connectivity index (χ3v) is 5.14. The number of pyridine rings is 1. The second kappa shape index (κ2) is 6.58. The first-order valence-corrected chi connectivity index (χ1v) is 8.88. The Bertz CT molecular complexity index is 853. The zero-order valence-electron chi connectivity index (χ0n) is 13.1. The van der Waals surface area contributed by atoms with Crippen molar-refractivity contribution in [3.63, 3.8) is 0 Å². The predicted molar refractivity (Wildman–Crippen MR) is 88.2 cm³/mol. The molecule has 7 nitrogen and oxygen atoms in total. The lowest BCUT2D eigenvalue weighted by molar-refractivity contribution is -0.118. The summed E-state index contributed by atoms with van der Waals surface area (Å²) in [5, 5.41) is 0. The van der Waals surface area contributed by atoms with E-state index in [-0.39, 0.29) is 30.4 Å². The largest absolute Gasteiger partial charge is 0.491 e. The summed E-state index contributed by atoms with van der Waals surface area (Å²) in [6.07, 6.45) is 3.48. The van der Waals surface area contributed by atoms with Crippen LogP contribution in [-0.4, -0.2) is 33.0 Å². The number of benzene rings is 1. The third-order valence-electron chi connectivity index (χ3n) is 3.74. The molecule has 0 saturated carbocycles. The molecular weight excluding hydrogens is 330 g/mol. The van der Waals surface area contributed by atoms with Crippen molar-refractivity contribution in [1.82, 2.24) is 9.71 Å². The number of ether oxygens (including phenoxy) is 1. The summed E-state index contributed by atoms with van der Waals surface area (Å²) in [5.41, 5.74) is 1.20. The molecule has 2 aromatic rings. The highest BCUT2D eigenvalue weighted by Crippen LogP contribution is 2.32. The summed E-state index contributed by atoms with van der Waals surface area (Å²) in [5.74, 6) is 0.376. The van der Waals surface area contributed by atoms with Crippen molar-refractivity contribution < 1.29 is 17.9 Å². The van der Waals surface area contributed by atoms with Gasteiger partial charge in [0.25, 0.3) is 0 Å². The van der Waals surface area contributed by atoms with Crippen LogP contribution in [0.2, 0.25) is 0 Å². The molecule has 1 amide bonds. The van der Waals surface area contributed by atoms with Gasteiger partial charge < -0.3 is 9.64 Å². The van der Waals surface area contributed by atoms with Crippen molar-refractivity contribution in [1.29, 1.82) is 0 Å². The number of carbonyl (C=O) groups is 1. The van der Waals surface area contributed by atoms with E-state index >= 15 is 0 Å². The molecule has 0 bridgehead atoms. The molecule has 126 valence electrons. The Kier molecular flexibility index (Phi) is 4.50. The van der Waals surface area contributed by atoms with Crippen LogP contribution in [0.25, 0.3) is 0 Å². The Morgan fingerprint density at radius 3 is 2.92 bits per heavy atom. The SMILES string of the molecule is CN1C(=O)CCOc2ccc(S(=O)(=O)NCc3cccnc3)cc21. The number of rotatable bonds is 4. The Morgan fingerprint density at radius 1 is 1.33 bits per heavy atom. The number of anilines is 1. The van der Waals surface area contributed by atoms with Crippen LogP contribution in [0, 0.1) is 0 Å². The van der Waals surface area contributed by atoms with E-state index in [9.17, 15) is 13.2 Å². The van der Waals surface area contributed by atoms with Crippen molar-refractivity contribution in [2.24, 2.45) is 0 Å². The Morgan fingerprint density at radius 2 is 2.17 bits per heavy atom. The summed E-state index contributed by atoms with van der Waals surface area (Å²) in [4.78, 5) is 17.4. The number of carbonyl (C=O) groups excluding carboxylic acids is 1. The lowest BCUT2D eigenvalue weighted by Crippen LogP contribution is -2.26. The number of aromatic nitrogens is 1. The molecule has 3 rings (SSSR count). The normalized spacial score (nSPS) is 14.7. The van der Waals surface area contributed by atoms with E-state index in [0.29, 0.717) is 11.4 Å². The van der Waals surface area contributed by atoms with Gasteiger partial charge in [0.2, 0.25) is 15.9 Å². The van der Waals surface area contributed by atoms with Crippen LogP contribution < -0.4 is 14.4 Å². The van der Waals surface area contributed by atoms with Crippen molar-refractivity contribution in [2.45, 2.75) is 17.9 Å². The van der Waals surface area contributed by atoms with Gasteiger partial charge in [0.15, 0.2) is 0 Å². The predicted octanol–water partition coefficient (Wildman–Crippen LogP) is 1.31. The maximum Gasteiger partial charge on any atom is 0.240 e. The second-order valence-corrected chi connectivity index (χ2v) is 7.13. The van der Waals surface area contributed by atoms with Crippen LogP contribution in [0.3, 0.4) is 0 Å². The smallest absolute Gasteiger partial charge is 0.240 e. The van der Waals surface area contributed by atoms with Crippen LogP contribution in [0.15, 0.2) is 47.6 Å². The van der Waals surface area contributed by atoms with Crippen molar-refractivity contribution in [3.05, 3.63) is 48.3 Å². The van der Waals surface area contributed by atoms with Crippen LogP contribution in [-0.2, 0) is 21.4 Å². The van der Waals surface area contributed by atoms with Crippen LogP contribution in [0.4, 0.5) is 5.69 Å². The Labute approximate surface area is 140 Å². The minimum atomic E-state index is -3.72. The van der Waals surface area contributed by atoms with E-state index in [0.717, 1.165) is 5.56 Å². The molecule has 0 spiro atoms. The number of sulfonamides is 1. The lowest BCUT2D eigenvalue weighted by atomic mass is 10.2. The van der Waals surface area contributed by atoms with Crippen molar-refractivity contribution >= 4 is 21.6 Å². The van der Waals surface area contributed by atoms with E-state index in [4.69, 9.17) is 4.74 Å². The molecule has 1 aromatic carbocycles. The van der Waals surface area contributed by atoms with Gasteiger partial charge in [-0.15, -0.1) is 0 Å². The lowest BCUT2D eigenvalue weighted by Gasteiger charge is -2.17. The van der Waals surface area contributed by atoms with Gasteiger partial charge in [-0.3, -0.25) is 9.78 Å².